The number of ether oxygens (including phenoxy) is 1. The molecule has 6 heteroatoms. The lowest BCUT2D eigenvalue weighted by atomic mass is 10.2. The van der Waals surface area contributed by atoms with Crippen LogP contribution in [0.2, 0.25) is 0 Å². The van der Waals surface area contributed by atoms with Gasteiger partial charge in [0.2, 0.25) is 0 Å². The number of nitrogens with zero attached hydrogens (tertiary/aromatic N) is 1. The zero-order chi connectivity index (χ0) is 16.3. The van der Waals surface area contributed by atoms with Crippen molar-refractivity contribution in [2.45, 2.75) is 24.7 Å². The Morgan fingerprint density at radius 3 is 2.83 bits per heavy atom. The fourth-order valence-electron chi connectivity index (χ4n) is 2.50. The number of benzene rings is 1. The van der Waals surface area contributed by atoms with E-state index in [-0.39, 0.29) is 6.03 Å². The molecule has 1 aliphatic heterocycles. The minimum absolute atomic E-state index is 0.125. The third kappa shape index (κ3) is 6.81. The maximum atomic E-state index is 12.0. The van der Waals surface area contributed by atoms with Crippen molar-refractivity contribution >= 4 is 23.5 Å². The van der Waals surface area contributed by atoms with E-state index in [9.17, 15) is 4.79 Å². The van der Waals surface area contributed by atoms with Gasteiger partial charge in [0.1, 0.15) is 0 Å². The predicted octanol–water partition coefficient (Wildman–Crippen LogP) is 3.03. The van der Waals surface area contributed by atoms with Crippen molar-refractivity contribution in [2.24, 2.45) is 0 Å². The highest BCUT2D eigenvalue weighted by Crippen LogP contribution is 2.26. The van der Waals surface area contributed by atoms with Crippen molar-refractivity contribution in [3.63, 3.8) is 0 Å². The number of hydrogen-bond donors (Lipinski definition) is 2. The standard InChI is InChI=1S/C17H27N3O2S/c1-2-23-16-8-4-3-7-15(16)19-17(21)18-9-5-6-10-20-11-13-22-14-12-20/h3-4,7-8H,2,5-6,9-14H2,1H3,(H2,18,19,21). The van der Waals surface area contributed by atoms with E-state index >= 15 is 0 Å². The maximum absolute atomic E-state index is 12.0. The molecule has 1 aromatic carbocycles. The average Bonchev–Trinajstić information content (AvgIpc) is 2.57. The van der Waals surface area contributed by atoms with E-state index in [0.29, 0.717) is 6.54 Å². The molecular weight excluding hydrogens is 310 g/mol. The first-order valence-electron chi connectivity index (χ1n) is 8.36. The Hall–Kier alpha value is -1.24. The molecule has 0 unspecified atom stereocenters. The van der Waals surface area contributed by atoms with Crippen molar-refractivity contribution in [2.75, 3.05) is 50.5 Å². The van der Waals surface area contributed by atoms with E-state index in [1.165, 1.54) is 0 Å². The van der Waals surface area contributed by atoms with Crippen molar-refractivity contribution < 1.29 is 9.53 Å². The highest BCUT2D eigenvalue weighted by Gasteiger charge is 2.09. The van der Waals surface area contributed by atoms with Crippen LogP contribution in [0.3, 0.4) is 0 Å². The van der Waals surface area contributed by atoms with E-state index in [2.05, 4.69) is 22.5 Å². The molecule has 0 atom stereocenters. The highest BCUT2D eigenvalue weighted by molar-refractivity contribution is 7.99. The normalized spacial score (nSPS) is 15.3. The fraction of sp³-hybridized carbons (Fsp3) is 0.588. The maximum Gasteiger partial charge on any atom is 0.319 e. The number of hydrogen-bond acceptors (Lipinski definition) is 4. The number of morpholine rings is 1. The molecule has 0 aromatic heterocycles. The minimum Gasteiger partial charge on any atom is -0.379 e. The van der Waals surface area contributed by atoms with Crippen LogP contribution in [0.4, 0.5) is 10.5 Å². The molecule has 0 saturated carbocycles. The Morgan fingerprint density at radius 1 is 1.26 bits per heavy atom. The van der Waals surface area contributed by atoms with E-state index in [1.807, 2.05) is 24.3 Å². The molecule has 5 nitrogen and oxygen atoms in total. The molecule has 1 fully saturated rings. The summed E-state index contributed by atoms with van der Waals surface area (Å²) >= 11 is 1.73. The van der Waals surface area contributed by atoms with Crippen LogP contribution in [0.5, 0.6) is 0 Å². The number of urea groups is 1. The molecule has 0 bridgehead atoms. The van der Waals surface area contributed by atoms with Crippen molar-refractivity contribution in [1.29, 1.82) is 0 Å². The summed E-state index contributed by atoms with van der Waals surface area (Å²) in [5.74, 6) is 0.988. The molecule has 2 rings (SSSR count). The van der Waals surface area contributed by atoms with Crippen LogP contribution >= 0.6 is 11.8 Å². The van der Waals surface area contributed by atoms with Crippen LogP contribution in [0.15, 0.2) is 29.2 Å². The zero-order valence-corrected chi connectivity index (χ0v) is 14.7. The molecule has 1 saturated heterocycles. The van der Waals surface area contributed by atoms with Gasteiger partial charge in [0.15, 0.2) is 0 Å². The number of thioether (sulfide) groups is 1. The molecule has 1 aromatic rings. The van der Waals surface area contributed by atoms with Crippen molar-refractivity contribution in [3.05, 3.63) is 24.3 Å². The van der Waals surface area contributed by atoms with Crippen LogP contribution in [0.25, 0.3) is 0 Å². The summed E-state index contributed by atoms with van der Waals surface area (Å²) in [4.78, 5) is 15.5. The van der Waals surface area contributed by atoms with Gasteiger partial charge in [-0.1, -0.05) is 19.1 Å². The Kier molecular flexibility index (Phi) is 8.28. The third-order valence-electron chi connectivity index (χ3n) is 3.73. The van der Waals surface area contributed by atoms with E-state index in [4.69, 9.17) is 4.74 Å². The number of amides is 2. The number of unbranched alkanes of at least 4 members (excludes halogenated alkanes) is 1. The molecular formula is C17H27N3O2S. The van der Waals surface area contributed by atoms with Gasteiger partial charge in [0.25, 0.3) is 0 Å². The first-order chi connectivity index (χ1) is 11.3. The molecule has 1 heterocycles. The van der Waals surface area contributed by atoms with Gasteiger partial charge < -0.3 is 15.4 Å². The first-order valence-corrected chi connectivity index (χ1v) is 9.35. The van der Waals surface area contributed by atoms with Crippen LogP contribution in [-0.4, -0.2) is 56.1 Å². The van der Waals surface area contributed by atoms with Crippen LogP contribution < -0.4 is 10.6 Å². The van der Waals surface area contributed by atoms with Gasteiger partial charge in [-0.05, 0) is 37.3 Å². The lowest BCUT2D eigenvalue weighted by molar-refractivity contribution is 0.0372. The minimum atomic E-state index is -0.125. The Labute approximate surface area is 143 Å². The summed E-state index contributed by atoms with van der Waals surface area (Å²) in [6.45, 7) is 7.64. The lowest BCUT2D eigenvalue weighted by Crippen LogP contribution is -2.37. The topological polar surface area (TPSA) is 53.6 Å². The molecule has 0 aliphatic carbocycles. The molecule has 2 N–H and O–H groups in total. The van der Waals surface area contributed by atoms with Crippen LogP contribution in [0.1, 0.15) is 19.8 Å². The van der Waals surface area contributed by atoms with Gasteiger partial charge >= 0.3 is 6.03 Å². The van der Waals surface area contributed by atoms with Gasteiger partial charge in [0.05, 0.1) is 18.9 Å². The SMILES string of the molecule is CCSc1ccccc1NC(=O)NCCCCN1CCOCC1. The highest BCUT2D eigenvalue weighted by atomic mass is 32.2. The number of nitrogens with one attached hydrogen (secondary N) is 2. The van der Waals surface area contributed by atoms with Gasteiger partial charge in [-0.15, -0.1) is 11.8 Å². The second-order valence-electron chi connectivity index (χ2n) is 5.47. The molecule has 0 radical (unpaired) electrons. The number of rotatable bonds is 8. The van der Waals surface area contributed by atoms with Gasteiger partial charge in [-0.2, -0.15) is 0 Å². The number of anilines is 1. The summed E-state index contributed by atoms with van der Waals surface area (Å²) < 4.78 is 5.33. The van der Waals surface area contributed by atoms with Gasteiger partial charge in [0, 0.05) is 24.5 Å². The second-order valence-corrected chi connectivity index (χ2v) is 6.78. The van der Waals surface area contributed by atoms with E-state index < -0.39 is 0 Å². The van der Waals surface area contributed by atoms with Gasteiger partial charge in [-0.25, -0.2) is 4.79 Å². The predicted molar refractivity (Wildman–Crippen MR) is 96.4 cm³/mol. The molecule has 23 heavy (non-hydrogen) atoms. The Bertz CT molecular complexity index is 479. The number of para-hydroxylation sites is 1. The molecule has 1 aliphatic rings. The zero-order valence-electron chi connectivity index (χ0n) is 13.8. The lowest BCUT2D eigenvalue weighted by Gasteiger charge is -2.26. The van der Waals surface area contributed by atoms with Crippen LogP contribution in [-0.2, 0) is 4.74 Å². The van der Waals surface area contributed by atoms with Crippen LogP contribution in [0, 0.1) is 0 Å². The van der Waals surface area contributed by atoms with Gasteiger partial charge in [-0.3, -0.25) is 4.90 Å². The summed E-state index contributed by atoms with van der Waals surface area (Å²) in [7, 11) is 0. The summed E-state index contributed by atoms with van der Waals surface area (Å²) in [5, 5.41) is 5.87. The van der Waals surface area contributed by atoms with Crippen molar-refractivity contribution in [1.82, 2.24) is 10.2 Å². The molecule has 2 amide bonds. The number of carbonyl (C=O) groups excluding carboxylic acids is 1. The van der Waals surface area contributed by atoms with E-state index in [0.717, 1.165) is 62.0 Å². The van der Waals surface area contributed by atoms with Crippen molar-refractivity contribution in [3.8, 4) is 0 Å². The Morgan fingerprint density at radius 2 is 2.04 bits per heavy atom. The average molecular weight is 337 g/mol. The summed E-state index contributed by atoms with van der Waals surface area (Å²) in [6.07, 6.45) is 2.10. The molecule has 128 valence electrons. The third-order valence-corrected chi connectivity index (χ3v) is 4.68. The monoisotopic (exact) mass is 337 g/mol. The summed E-state index contributed by atoms with van der Waals surface area (Å²) in [5.41, 5.74) is 0.880. The fourth-order valence-corrected chi connectivity index (χ4v) is 3.27. The first kappa shape index (κ1) is 18.1. The summed E-state index contributed by atoms with van der Waals surface area (Å²) in [6, 6.07) is 7.78. The van der Waals surface area contributed by atoms with E-state index in [1.54, 1.807) is 11.8 Å². The number of carbonyl (C=O) groups is 1. The second kappa shape index (κ2) is 10.5. The smallest absolute Gasteiger partial charge is 0.319 e. The Balaban J connectivity index is 1.61. The largest absolute Gasteiger partial charge is 0.379 e. The molecule has 0 spiro atoms. The quantitative estimate of drug-likeness (QED) is 0.565.